The van der Waals surface area contributed by atoms with E-state index in [1.54, 1.807) is 17.0 Å². The van der Waals surface area contributed by atoms with Crippen molar-refractivity contribution in [1.82, 2.24) is 19.9 Å². The van der Waals surface area contributed by atoms with Crippen LogP contribution in [0, 0.1) is 19.7 Å². The van der Waals surface area contributed by atoms with Gasteiger partial charge >= 0.3 is 0 Å². The van der Waals surface area contributed by atoms with Crippen LogP contribution in [0.1, 0.15) is 33.8 Å². The van der Waals surface area contributed by atoms with Crippen molar-refractivity contribution in [3.8, 4) is 0 Å². The molecule has 1 fully saturated rings. The minimum absolute atomic E-state index is 0.127. The van der Waals surface area contributed by atoms with Gasteiger partial charge in [-0.1, -0.05) is 0 Å². The van der Waals surface area contributed by atoms with Gasteiger partial charge in [-0.05, 0) is 44.2 Å². The second-order valence-electron chi connectivity index (χ2n) is 6.51. The third-order valence-corrected chi connectivity index (χ3v) is 4.48. The molecular weight excluding hydrogens is 335 g/mol. The average Bonchev–Trinajstić information content (AvgIpc) is 3.03. The second-order valence-corrected chi connectivity index (χ2v) is 6.51. The van der Waals surface area contributed by atoms with Gasteiger partial charge in [-0.2, -0.15) is 0 Å². The number of fused-ring (bicyclic) bond motifs is 1. The van der Waals surface area contributed by atoms with E-state index in [2.05, 4.69) is 15.0 Å². The summed E-state index contributed by atoms with van der Waals surface area (Å²) in [7, 11) is 0. The van der Waals surface area contributed by atoms with Gasteiger partial charge in [-0.3, -0.25) is 4.79 Å². The lowest BCUT2D eigenvalue weighted by Gasteiger charge is -2.32. The van der Waals surface area contributed by atoms with Crippen LogP contribution in [0.4, 0.5) is 4.39 Å². The van der Waals surface area contributed by atoms with Crippen LogP contribution in [-0.4, -0.2) is 45.5 Å². The zero-order chi connectivity index (χ0) is 18.3. The molecule has 7 heteroatoms. The number of ether oxygens (including phenoxy) is 1. The Morgan fingerprint density at radius 2 is 2.12 bits per heavy atom. The maximum absolute atomic E-state index is 13.4. The predicted octanol–water partition coefficient (Wildman–Crippen LogP) is 2.93. The van der Waals surface area contributed by atoms with Gasteiger partial charge in [-0.15, -0.1) is 0 Å². The summed E-state index contributed by atoms with van der Waals surface area (Å²) < 4.78 is 19.2. The maximum atomic E-state index is 13.4. The Morgan fingerprint density at radius 3 is 2.92 bits per heavy atom. The van der Waals surface area contributed by atoms with Crippen LogP contribution >= 0.6 is 0 Å². The summed E-state index contributed by atoms with van der Waals surface area (Å²) in [5.74, 6) is 0.235. The molecule has 6 nitrogen and oxygen atoms in total. The van der Waals surface area contributed by atoms with Crippen molar-refractivity contribution in [2.45, 2.75) is 20.0 Å². The Hall–Kier alpha value is -2.80. The van der Waals surface area contributed by atoms with Crippen LogP contribution in [0.3, 0.4) is 0 Å². The molecule has 0 unspecified atom stereocenters. The number of hydrogen-bond donors (Lipinski definition) is 1. The van der Waals surface area contributed by atoms with Gasteiger partial charge in [0, 0.05) is 23.1 Å². The third kappa shape index (κ3) is 3.17. The highest BCUT2D eigenvalue weighted by atomic mass is 19.1. The van der Waals surface area contributed by atoms with Crippen molar-refractivity contribution < 1.29 is 13.9 Å². The number of halogens is 1. The molecule has 0 saturated carbocycles. The number of benzene rings is 1. The van der Waals surface area contributed by atoms with E-state index in [1.807, 2.05) is 19.9 Å². The molecule has 1 amide bonds. The van der Waals surface area contributed by atoms with E-state index >= 15 is 0 Å². The van der Waals surface area contributed by atoms with Crippen LogP contribution < -0.4 is 0 Å². The lowest BCUT2D eigenvalue weighted by atomic mass is 10.1. The highest BCUT2D eigenvalue weighted by Crippen LogP contribution is 2.24. The molecule has 1 saturated heterocycles. The van der Waals surface area contributed by atoms with Gasteiger partial charge in [-0.25, -0.2) is 14.4 Å². The van der Waals surface area contributed by atoms with E-state index in [9.17, 15) is 9.18 Å². The van der Waals surface area contributed by atoms with E-state index < -0.39 is 0 Å². The molecule has 26 heavy (non-hydrogen) atoms. The fourth-order valence-electron chi connectivity index (χ4n) is 3.31. The number of morpholine rings is 1. The number of aromatic nitrogens is 3. The SMILES string of the molecule is Cc1cc([C@@H]2CN(C(=O)c3cc4cc(F)ccc4[nH]3)CCO2)nc(C)n1. The highest BCUT2D eigenvalue weighted by molar-refractivity contribution is 5.98. The molecule has 1 aromatic carbocycles. The van der Waals surface area contributed by atoms with Crippen LogP contribution in [0.2, 0.25) is 0 Å². The lowest BCUT2D eigenvalue weighted by molar-refractivity contribution is -0.0250. The molecule has 3 heterocycles. The number of carbonyl (C=O) groups excluding carboxylic acids is 1. The molecule has 1 aliphatic rings. The van der Waals surface area contributed by atoms with Crippen LogP contribution in [0.25, 0.3) is 10.9 Å². The third-order valence-electron chi connectivity index (χ3n) is 4.48. The molecule has 0 bridgehead atoms. The summed E-state index contributed by atoms with van der Waals surface area (Å²) in [4.78, 5) is 26.4. The maximum Gasteiger partial charge on any atom is 0.270 e. The summed E-state index contributed by atoms with van der Waals surface area (Å²) in [5, 5.41) is 0.681. The molecule has 2 aromatic heterocycles. The standard InChI is InChI=1S/C19H19FN4O2/c1-11-7-16(22-12(2)21-11)18-10-24(5-6-26-18)19(25)17-9-13-8-14(20)3-4-15(13)23-17/h3-4,7-9,18,23H,5-6,10H2,1-2H3/t18-/m0/s1. The number of aryl methyl sites for hydroxylation is 2. The molecule has 4 rings (SSSR count). The minimum atomic E-state index is -0.323. The van der Waals surface area contributed by atoms with Crippen molar-refractivity contribution >= 4 is 16.8 Å². The number of amides is 1. The van der Waals surface area contributed by atoms with Crippen LogP contribution in [0.5, 0.6) is 0 Å². The van der Waals surface area contributed by atoms with Gasteiger partial charge in [0.05, 0.1) is 18.8 Å². The highest BCUT2D eigenvalue weighted by Gasteiger charge is 2.28. The Kier molecular flexibility index (Phi) is 4.16. The quantitative estimate of drug-likeness (QED) is 0.768. The summed E-state index contributed by atoms with van der Waals surface area (Å²) in [6.07, 6.45) is -0.282. The molecule has 0 radical (unpaired) electrons. The van der Waals surface area contributed by atoms with Gasteiger partial charge in [0.15, 0.2) is 0 Å². The van der Waals surface area contributed by atoms with Crippen LogP contribution in [0.15, 0.2) is 30.3 Å². The van der Waals surface area contributed by atoms with E-state index in [0.29, 0.717) is 36.6 Å². The van der Waals surface area contributed by atoms with Crippen molar-refractivity contribution in [3.05, 3.63) is 59.1 Å². The molecular formula is C19H19FN4O2. The molecule has 3 aromatic rings. The smallest absolute Gasteiger partial charge is 0.270 e. The van der Waals surface area contributed by atoms with E-state index in [-0.39, 0.29) is 17.8 Å². The molecule has 1 N–H and O–H groups in total. The number of nitrogens with zero attached hydrogens (tertiary/aromatic N) is 3. The number of aromatic amines is 1. The topological polar surface area (TPSA) is 71.1 Å². The number of nitrogens with one attached hydrogen (secondary N) is 1. The Morgan fingerprint density at radius 1 is 1.27 bits per heavy atom. The fraction of sp³-hybridized carbons (Fsp3) is 0.316. The predicted molar refractivity (Wildman–Crippen MR) is 94.4 cm³/mol. The molecule has 1 aliphatic heterocycles. The van der Waals surface area contributed by atoms with Crippen molar-refractivity contribution in [2.75, 3.05) is 19.7 Å². The summed E-state index contributed by atoms with van der Waals surface area (Å²) in [6.45, 7) is 5.10. The Bertz CT molecular complexity index is 965. The summed E-state index contributed by atoms with van der Waals surface area (Å²) >= 11 is 0. The van der Waals surface area contributed by atoms with Crippen molar-refractivity contribution in [2.24, 2.45) is 0 Å². The van der Waals surface area contributed by atoms with E-state index in [1.165, 1.54) is 12.1 Å². The minimum Gasteiger partial charge on any atom is -0.368 e. The van der Waals surface area contributed by atoms with Gasteiger partial charge in [0.2, 0.25) is 0 Å². The molecule has 1 atom stereocenters. The van der Waals surface area contributed by atoms with Gasteiger partial charge in [0.1, 0.15) is 23.4 Å². The summed E-state index contributed by atoms with van der Waals surface area (Å²) in [5.41, 5.74) is 2.84. The number of carbonyl (C=O) groups is 1. The number of H-pyrrole nitrogens is 1. The molecule has 0 spiro atoms. The first-order chi connectivity index (χ1) is 12.5. The summed E-state index contributed by atoms with van der Waals surface area (Å²) in [6, 6.07) is 7.99. The van der Waals surface area contributed by atoms with Crippen molar-refractivity contribution in [1.29, 1.82) is 0 Å². The fourth-order valence-corrected chi connectivity index (χ4v) is 3.31. The lowest BCUT2D eigenvalue weighted by Crippen LogP contribution is -2.42. The first-order valence-electron chi connectivity index (χ1n) is 8.51. The van der Waals surface area contributed by atoms with Gasteiger partial charge in [0.25, 0.3) is 5.91 Å². The van der Waals surface area contributed by atoms with E-state index in [4.69, 9.17) is 4.74 Å². The second kappa shape index (κ2) is 6.49. The van der Waals surface area contributed by atoms with E-state index in [0.717, 1.165) is 16.9 Å². The van der Waals surface area contributed by atoms with Crippen LogP contribution in [-0.2, 0) is 4.74 Å². The monoisotopic (exact) mass is 354 g/mol. The molecule has 0 aliphatic carbocycles. The largest absolute Gasteiger partial charge is 0.368 e. The van der Waals surface area contributed by atoms with Gasteiger partial charge < -0.3 is 14.6 Å². The first kappa shape index (κ1) is 16.7. The number of rotatable bonds is 2. The zero-order valence-electron chi connectivity index (χ0n) is 14.6. The average molecular weight is 354 g/mol. The normalized spacial score (nSPS) is 17.7. The first-order valence-corrected chi connectivity index (χ1v) is 8.51. The Labute approximate surface area is 150 Å². The molecule has 134 valence electrons. The number of hydrogen-bond acceptors (Lipinski definition) is 4. The Balaban J connectivity index is 1.57. The zero-order valence-corrected chi connectivity index (χ0v) is 14.6. The van der Waals surface area contributed by atoms with Crippen molar-refractivity contribution in [3.63, 3.8) is 0 Å².